The Hall–Kier alpha value is -0.790. The average Bonchev–Trinajstić information content (AvgIpc) is 3.22. The molecule has 0 saturated heterocycles. The predicted molar refractivity (Wildman–Crippen MR) is 132 cm³/mol. The first-order chi connectivity index (χ1) is 12.6. The zero-order valence-corrected chi connectivity index (χ0v) is 22.8. The zero-order valence-electron chi connectivity index (χ0n) is 17.7. The van der Waals surface area contributed by atoms with E-state index >= 15 is 0 Å². The Morgan fingerprint density at radius 3 is 1.93 bits per heavy atom. The Bertz CT molecular complexity index is 926. The number of benzene rings is 2. The number of hydrogen-bond acceptors (Lipinski definition) is 0. The molecular weight excluding hydrogens is 490 g/mol. The van der Waals surface area contributed by atoms with Gasteiger partial charge in [-0.25, -0.2) is 5.57 Å². The summed E-state index contributed by atoms with van der Waals surface area (Å²) in [6.07, 6.45) is 3.36. The van der Waals surface area contributed by atoms with Gasteiger partial charge in [-0.05, 0) is 0 Å². The van der Waals surface area contributed by atoms with E-state index in [1.807, 2.05) is 0 Å². The molecule has 1 unspecified atom stereocenters. The first kappa shape index (κ1) is 30.4. The van der Waals surface area contributed by atoms with Crippen molar-refractivity contribution in [3.8, 4) is 11.1 Å². The summed E-state index contributed by atoms with van der Waals surface area (Å²) in [5.41, 5.74) is 6.86. The van der Waals surface area contributed by atoms with Crippen LogP contribution in [-0.4, -0.2) is 6.88 Å². The molecule has 0 spiro atoms. The summed E-state index contributed by atoms with van der Waals surface area (Å²) in [5.74, 6) is 0.560. The second-order valence-corrected chi connectivity index (χ2v) is 6.50. The minimum Gasteiger partial charge on any atom is -0.150 e. The van der Waals surface area contributed by atoms with E-state index < -0.39 is 0 Å². The number of halogens is 2. The van der Waals surface area contributed by atoms with Crippen LogP contribution in [0.5, 0.6) is 0 Å². The van der Waals surface area contributed by atoms with Gasteiger partial charge >= 0.3 is 30.2 Å². The van der Waals surface area contributed by atoms with Gasteiger partial charge in [0.25, 0.3) is 0 Å². The minimum absolute atomic E-state index is 0. The van der Waals surface area contributed by atoms with Crippen LogP contribution in [0.3, 0.4) is 0 Å². The molecule has 4 rings (SSSR count). The zero-order chi connectivity index (χ0) is 19.1. The van der Waals surface area contributed by atoms with Gasteiger partial charge in [-0.3, -0.25) is 6.08 Å². The van der Waals surface area contributed by atoms with Gasteiger partial charge in [-0.15, -0.1) is 78.4 Å². The SMILES string of the molecule is CC1=[C-]C(C)C(C)=C1C.Cl.Cl.[CH3-].[Si]=[Zr].c1ccc(-c2c[cH-]c3ccccc23)cc1. The van der Waals surface area contributed by atoms with E-state index in [1.165, 1.54) is 62.0 Å². The molecule has 4 heteroatoms. The van der Waals surface area contributed by atoms with Gasteiger partial charge in [-0.1, -0.05) is 68.7 Å². The summed E-state index contributed by atoms with van der Waals surface area (Å²) in [7, 11) is 0. The molecule has 29 heavy (non-hydrogen) atoms. The molecule has 1 aliphatic carbocycles. The summed E-state index contributed by atoms with van der Waals surface area (Å²) < 4.78 is 0. The average molecular weight is 520 g/mol. The second-order valence-electron chi connectivity index (χ2n) is 6.50. The summed E-state index contributed by atoms with van der Waals surface area (Å²) in [6, 6.07) is 23.4. The molecule has 0 bridgehead atoms. The molecule has 1 atom stereocenters. The van der Waals surface area contributed by atoms with E-state index in [4.69, 9.17) is 0 Å². The van der Waals surface area contributed by atoms with E-state index in [0.29, 0.717) is 5.92 Å². The molecule has 0 nitrogen and oxygen atoms in total. The molecule has 3 aromatic rings. The van der Waals surface area contributed by atoms with Gasteiger partial charge in [0.05, 0.1) is 0 Å². The quantitative estimate of drug-likeness (QED) is 0.227. The van der Waals surface area contributed by atoms with Crippen LogP contribution < -0.4 is 0 Å². The van der Waals surface area contributed by atoms with Crippen LogP contribution in [0.15, 0.2) is 83.4 Å². The Balaban J connectivity index is 0. The van der Waals surface area contributed by atoms with Crippen molar-refractivity contribution in [3.05, 3.63) is 97.0 Å². The van der Waals surface area contributed by atoms with Crippen LogP contribution >= 0.6 is 24.8 Å². The monoisotopic (exact) mass is 517 g/mol. The molecule has 3 aromatic carbocycles. The molecule has 0 aromatic heterocycles. The van der Waals surface area contributed by atoms with Crippen molar-refractivity contribution in [2.45, 2.75) is 27.7 Å². The number of hydrogen-bond donors (Lipinski definition) is 0. The third-order valence-corrected chi connectivity index (χ3v) is 5.00. The van der Waals surface area contributed by atoms with E-state index in [2.05, 4.69) is 107 Å². The molecule has 0 heterocycles. The molecule has 0 amide bonds. The number of fused-ring (bicyclic) bond motifs is 1. The Labute approximate surface area is 206 Å². The van der Waals surface area contributed by atoms with Gasteiger partial charge in [-0.2, -0.15) is 11.1 Å². The Kier molecular flexibility index (Phi) is 15.8. The maximum Gasteiger partial charge on any atom is -0.0623 e. The van der Waals surface area contributed by atoms with E-state index in [1.54, 1.807) is 0 Å². The normalized spacial score (nSPS) is 14.0. The Morgan fingerprint density at radius 2 is 1.45 bits per heavy atom. The van der Waals surface area contributed by atoms with Gasteiger partial charge < -0.3 is 7.43 Å². The molecule has 154 valence electrons. The largest absolute Gasteiger partial charge is 0.150 e. The van der Waals surface area contributed by atoms with Crippen molar-refractivity contribution in [2.75, 3.05) is 0 Å². The molecule has 2 radical (unpaired) electrons. The number of allylic oxidation sites excluding steroid dienone is 4. The van der Waals surface area contributed by atoms with Gasteiger partial charge in [0.2, 0.25) is 0 Å². The van der Waals surface area contributed by atoms with Crippen LogP contribution in [0.2, 0.25) is 0 Å². The predicted octanol–water partition coefficient (Wildman–Crippen LogP) is 7.86. The van der Waals surface area contributed by atoms with Gasteiger partial charge in [0, 0.05) is 0 Å². The van der Waals surface area contributed by atoms with Crippen molar-refractivity contribution in [1.82, 2.24) is 0 Å². The summed E-state index contributed by atoms with van der Waals surface area (Å²) in [6.45, 7) is 11.7. The third-order valence-electron chi connectivity index (χ3n) is 5.00. The molecule has 0 N–H and O–H groups in total. The fourth-order valence-corrected chi connectivity index (χ4v) is 3.18. The fourth-order valence-electron chi connectivity index (χ4n) is 3.18. The maximum absolute atomic E-state index is 3.36. The molecule has 1 aliphatic rings. The second kappa shape index (κ2) is 15.1. The number of rotatable bonds is 1. The molecule has 0 fully saturated rings. The maximum atomic E-state index is 3.36. The topological polar surface area (TPSA) is 0 Å². The van der Waals surface area contributed by atoms with Crippen LogP contribution in [0.1, 0.15) is 27.7 Å². The van der Waals surface area contributed by atoms with E-state index in [0.717, 1.165) is 0 Å². The minimum atomic E-state index is 0. The molecular formula is C25H29Cl2SiZr-3. The third kappa shape index (κ3) is 7.76. The van der Waals surface area contributed by atoms with Crippen LogP contribution in [-0.2, 0) is 23.3 Å². The summed E-state index contributed by atoms with van der Waals surface area (Å²) in [5, 5.41) is 2.65. The van der Waals surface area contributed by atoms with Crippen molar-refractivity contribution < 1.29 is 23.3 Å². The van der Waals surface area contributed by atoms with Gasteiger partial charge in [0.15, 0.2) is 0 Å². The smallest absolute Gasteiger partial charge is 0.0623 e. The molecule has 0 aliphatic heterocycles. The van der Waals surface area contributed by atoms with Crippen molar-refractivity contribution in [1.29, 1.82) is 0 Å². The van der Waals surface area contributed by atoms with Crippen molar-refractivity contribution >= 4 is 42.5 Å². The standard InChI is InChI=1S/C15H11.C9H13.CH3.2ClH.Si.Zr/c1-2-6-12(7-3-1)15-11-10-13-8-4-5-9-14(13)15;1-6-5-7(2)9(4)8(6)3;;;;;/h1-11H;6H,1-4H3;1H3;2*1H;;/q3*-1;;;;. The van der Waals surface area contributed by atoms with E-state index in [-0.39, 0.29) is 32.2 Å². The van der Waals surface area contributed by atoms with E-state index in [9.17, 15) is 0 Å². The first-order valence-corrected chi connectivity index (χ1v) is 13.0. The van der Waals surface area contributed by atoms with Crippen LogP contribution in [0, 0.1) is 19.4 Å². The Morgan fingerprint density at radius 1 is 0.897 bits per heavy atom. The summed E-state index contributed by atoms with van der Waals surface area (Å²) >= 11 is 1.36. The van der Waals surface area contributed by atoms with Crippen molar-refractivity contribution in [3.63, 3.8) is 0 Å². The first-order valence-electron chi connectivity index (χ1n) is 8.80. The van der Waals surface area contributed by atoms with Crippen LogP contribution in [0.4, 0.5) is 0 Å². The van der Waals surface area contributed by atoms with Crippen molar-refractivity contribution in [2.24, 2.45) is 5.92 Å². The summed E-state index contributed by atoms with van der Waals surface area (Å²) in [4.78, 5) is 0. The molecule has 0 saturated carbocycles. The van der Waals surface area contributed by atoms with Crippen LogP contribution in [0.25, 0.3) is 21.9 Å². The van der Waals surface area contributed by atoms with Gasteiger partial charge in [0.1, 0.15) is 0 Å². The fraction of sp³-hybridized carbons (Fsp3) is 0.200.